The summed E-state index contributed by atoms with van der Waals surface area (Å²) in [5, 5.41) is 9.67. The van der Waals surface area contributed by atoms with Gasteiger partial charge in [-0.1, -0.05) is 251 Å². The molecule has 0 N–H and O–H groups in total. The Bertz CT molecular complexity index is 4560. The lowest BCUT2D eigenvalue weighted by Crippen LogP contribution is -2.17. The highest BCUT2D eigenvalue weighted by molar-refractivity contribution is 6.26. The summed E-state index contributed by atoms with van der Waals surface area (Å²) in [6, 6.07) is 97.1. The smallest absolute Gasteiger partial charge is 0.0468 e. The first-order chi connectivity index (χ1) is 41.4. The van der Waals surface area contributed by atoms with Gasteiger partial charge in [0.15, 0.2) is 0 Å². The van der Waals surface area contributed by atoms with Crippen LogP contribution in [-0.4, -0.2) is 0 Å². The van der Waals surface area contributed by atoms with E-state index in [9.17, 15) is 0 Å². The van der Waals surface area contributed by atoms with Crippen molar-refractivity contribution in [3.05, 3.63) is 288 Å². The highest BCUT2D eigenvalue weighted by Crippen LogP contribution is 2.55. The van der Waals surface area contributed by atoms with Crippen LogP contribution >= 0.6 is 0 Å². The standard InChI is InChI=1S/C84H72N2/c1-81(2,3)55-33-37-57(38-34-55)85(61-41-45-67-65-27-15-17-31-75(65)83(7,8)77(67)51-61)59-43-47-71-73(49-59)79(69-29-19-23-53-21-11-13-25-63(53)69)72-48-44-60(50-74(72)80(71)70-30-20-24-54-22-12-14-26-64(54)70)86(58-39-35-56(36-40-58)82(4,5)6)62-42-46-68-66-28-16-18-32-76(66)84(9,10)78(68)52-62/h11-52H,1-10H3. The largest absolute Gasteiger partial charge is 0.310 e. The molecule has 0 unspecified atom stereocenters. The van der Waals surface area contributed by atoms with Crippen LogP contribution in [0.25, 0.3) is 87.6 Å². The third-order valence-corrected chi connectivity index (χ3v) is 19.4. The zero-order chi connectivity index (χ0) is 59.0. The molecule has 0 heterocycles. The van der Waals surface area contributed by atoms with Crippen LogP contribution in [0.1, 0.15) is 103 Å². The average Bonchev–Trinajstić information content (AvgIpc) is 0.960. The molecule has 86 heavy (non-hydrogen) atoms. The molecule has 418 valence electrons. The lowest BCUT2D eigenvalue weighted by molar-refractivity contribution is 0.590. The highest BCUT2D eigenvalue weighted by Gasteiger charge is 2.38. The van der Waals surface area contributed by atoms with E-state index in [1.807, 2.05) is 0 Å². The van der Waals surface area contributed by atoms with E-state index >= 15 is 0 Å². The number of benzene rings is 13. The maximum atomic E-state index is 2.51. The Hall–Kier alpha value is -9.50. The van der Waals surface area contributed by atoms with Crippen LogP contribution in [0.4, 0.5) is 34.1 Å². The molecular weight excluding hydrogens is 1040 g/mol. The van der Waals surface area contributed by atoms with Crippen LogP contribution in [0.5, 0.6) is 0 Å². The quantitative estimate of drug-likeness (QED) is 0.140. The summed E-state index contributed by atoms with van der Waals surface area (Å²) in [6.45, 7) is 23.3. The third kappa shape index (κ3) is 8.43. The molecule has 2 aliphatic rings. The van der Waals surface area contributed by atoms with Gasteiger partial charge in [0.25, 0.3) is 0 Å². The Balaban J connectivity index is 1.03. The van der Waals surface area contributed by atoms with Gasteiger partial charge in [0.1, 0.15) is 0 Å². The molecule has 2 nitrogen and oxygen atoms in total. The molecule has 2 aliphatic carbocycles. The average molecular weight is 1110 g/mol. The van der Waals surface area contributed by atoms with E-state index in [0.717, 1.165) is 34.1 Å². The van der Waals surface area contributed by atoms with E-state index in [0.29, 0.717) is 0 Å². The van der Waals surface area contributed by atoms with E-state index < -0.39 is 0 Å². The Kier molecular flexibility index (Phi) is 12.1. The topological polar surface area (TPSA) is 6.48 Å². The minimum Gasteiger partial charge on any atom is -0.310 e. The summed E-state index contributed by atoms with van der Waals surface area (Å²) in [4.78, 5) is 5.00. The normalized spacial score (nSPS) is 13.9. The van der Waals surface area contributed by atoms with Gasteiger partial charge in [-0.15, -0.1) is 0 Å². The molecule has 2 heteroatoms. The SMILES string of the molecule is CC(C)(C)c1ccc(N(c2ccc3c(c2)C(C)(C)c2ccccc2-3)c2ccc3c(-c4cccc5ccccc45)c4cc(N(c5ccc(C(C)(C)C)cc5)c5ccc6c(c5)C(C)(C)c5ccccc5-6)ccc4c(-c4cccc5ccccc45)c3c2)cc1. The lowest BCUT2D eigenvalue weighted by atomic mass is 9.82. The number of hydrogen-bond donors (Lipinski definition) is 0. The van der Waals surface area contributed by atoms with Crippen molar-refractivity contribution in [3.8, 4) is 44.5 Å². The second kappa shape index (κ2) is 19.5. The van der Waals surface area contributed by atoms with E-state index in [1.54, 1.807) is 0 Å². The molecule has 0 amide bonds. The summed E-state index contributed by atoms with van der Waals surface area (Å²) in [6.07, 6.45) is 0. The number of anilines is 6. The van der Waals surface area contributed by atoms with Gasteiger partial charge in [0, 0.05) is 45.0 Å². The molecule has 13 aromatic carbocycles. The molecule has 0 saturated heterocycles. The molecule has 0 bridgehead atoms. The molecule has 13 aromatic rings. The van der Waals surface area contributed by atoms with Crippen molar-refractivity contribution >= 4 is 77.2 Å². The Labute approximate surface area is 507 Å². The highest BCUT2D eigenvalue weighted by atomic mass is 15.1. The van der Waals surface area contributed by atoms with Gasteiger partial charge >= 0.3 is 0 Å². The molecule has 0 aliphatic heterocycles. The first kappa shape index (κ1) is 53.2. The summed E-state index contributed by atoms with van der Waals surface area (Å²) < 4.78 is 0. The lowest BCUT2D eigenvalue weighted by Gasteiger charge is -2.30. The van der Waals surface area contributed by atoms with E-state index in [-0.39, 0.29) is 21.7 Å². The fourth-order valence-corrected chi connectivity index (χ4v) is 14.7. The van der Waals surface area contributed by atoms with E-state index in [1.165, 1.54) is 121 Å². The maximum absolute atomic E-state index is 2.51. The van der Waals surface area contributed by atoms with Crippen molar-refractivity contribution in [1.29, 1.82) is 0 Å². The van der Waals surface area contributed by atoms with Crippen LogP contribution in [0.2, 0.25) is 0 Å². The van der Waals surface area contributed by atoms with Crippen molar-refractivity contribution in [1.82, 2.24) is 0 Å². The van der Waals surface area contributed by atoms with Crippen molar-refractivity contribution in [2.75, 3.05) is 9.80 Å². The summed E-state index contributed by atoms with van der Waals surface area (Å²) in [7, 11) is 0. The number of nitrogens with zero attached hydrogens (tertiary/aromatic N) is 2. The monoisotopic (exact) mass is 1110 g/mol. The number of hydrogen-bond acceptors (Lipinski definition) is 2. The fourth-order valence-electron chi connectivity index (χ4n) is 14.7. The molecule has 0 saturated carbocycles. The van der Waals surface area contributed by atoms with E-state index in [2.05, 4.69) is 334 Å². The fraction of sp³-hybridized carbons (Fsp3) is 0.167. The van der Waals surface area contributed by atoms with Gasteiger partial charge in [-0.25, -0.2) is 0 Å². The van der Waals surface area contributed by atoms with Gasteiger partial charge in [-0.3, -0.25) is 0 Å². The van der Waals surface area contributed by atoms with Gasteiger partial charge in [0.2, 0.25) is 0 Å². The second-order valence-electron chi connectivity index (χ2n) is 27.3. The van der Waals surface area contributed by atoms with Crippen LogP contribution in [0.15, 0.2) is 255 Å². The third-order valence-electron chi connectivity index (χ3n) is 19.4. The van der Waals surface area contributed by atoms with Gasteiger partial charge in [0.05, 0.1) is 0 Å². The Morgan fingerprint density at radius 1 is 0.244 bits per heavy atom. The van der Waals surface area contributed by atoms with Gasteiger partial charge in [-0.2, -0.15) is 0 Å². The summed E-state index contributed by atoms with van der Waals surface area (Å²) in [5.41, 5.74) is 24.5. The molecule has 0 atom stereocenters. The molecule has 0 aromatic heterocycles. The minimum atomic E-state index is -0.172. The van der Waals surface area contributed by atoms with Gasteiger partial charge in [-0.05, 0) is 205 Å². The predicted molar refractivity (Wildman–Crippen MR) is 369 cm³/mol. The second-order valence-corrected chi connectivity index (χ2v) is 27.3. The van der Waals surface area contributed by atoms with Crippen molar-refractivity contribution in [2.24, 2.45) is 0 Å². The van der Waals surface area contributed by atoms with Crippen molar-refractivity contribution < 1.29 is 0 Å². The molecule has 0 fully saturated rings. The zero-order valence-corrected chi connectivity index (χ0v) is 51.1. The molecule has 15 rings (SSSR count). The van der Waals surface area contributed by atoms with Crippen LogP contribution in [0.3, 0.4) is 0 Å². The predicted octanol–water partition coefficient (Wildman–Crippen LogP) is 23.8. The number of fused-ring (bicyclic) bond motifs is 10. The van der Waals surface area contributed by atoms with Gasteiger partial charge < -0.3 is 9.80 Å². The first-order valence-electron chi connectivity index (χ1n) is 30.7. The first-order valence-corrected chi connectivity index (χ1v) is 30.7. The molecular formula is C84H72N2. The molecule has 0 spiro atoms. The van der Waals surface area contributed by atoms with E-state index in [4.69, 9.17) is 0 Å². The number of rotatable bonds is 8. The zero-order valence-electron chi connectivity index (χ0n) is 51.1. The van der Waals surface area contributed by atoms with Crippen molar-refractivity contribution in [3.63, 3.8) is 0 Å². The van der Waals surface area contributed by atoms with Crippen molar-refractivity contribution in [2.45, 2.75) is 90.9 Å². The minimum absolute atomic E-state index is 0.000513. The van der Waals surface area contributed by atoms with Crippen LogP contribution in [0, 0.1) is 0 Å². The maximum Gasteiger partial charge on any atom is 0.0468 e. The summed E-state index contributed by atoms with van der Waals surface area (Å²) >= 11 is 0. The Morgan fingerprint density at radius 2 is 0.558 bits per heavy atom. The summed E-state index contributed by atoms with van der Waals surface area (Å²) in [5.74, 6) is 0. The van der Waals surface area contributed by atoms with Crippen LogP contribution in [-0.2, 0) is 21.7 Å². The molecule has 0 radical (unpaired) electrons. The Morgan fingerprint density at radius 3 is 0.965 bits per heavy atom. The van der Waals surface area contributed by atoms with Crippen LogP contribution < -0.4 is 9.80 Å².